The summed E-state index contributed by atoms with van der Waals surface area (Å²) in [5.74, 6) is 0.537. The first-order valence-electron chi connectivity index (χ1n) is 3.46. The average molecular weight is 209 g/mol. The summed E-state index contributed by atoms with van der Waals surface area (Å²) in [4.78, 5) is 0. The van der Waals surface area contributed by atoms with Crippen molar-refractivity contribution < 1.29 is 13.5 Å². The van der Waals surface area contributed by atoms with Gasteiger partial charge in [0.05, 0.1) is 13.7 Å². The van der Waals surface area contributed by atoms with E-state index < -0.39 is 13.0 Å². The summed E-state index contributed by atoms with van der Waals surface area (Å²) >= 11 is 0.998. The van der Waals surface area contributed by atoms with Crippen LogP contribution in [-0.2, 0) is 0 Å². The fourth-order valence-electron chi connectivity index (χ4n) is 0.774. The molecule has 0 aromatic carbocycles. The molecule has 0 atom stereocenters. The second-order valence-electron chi connectivity index (χ2n) is 2.20. The lowest BCUT2D eigenvalue weighted by Crippen LogP contribution is -2.09. The second-order valence-corrected chi connectivity index (χ2v) is 2.98. The standard InChI is InChI=1S/C6H9F2N3OS/c1-12-4-5(9)11-13-6(4)10-2-3(7)8/h3,10H,2H2,1H3,(H2,9,11). The van der Waals surface area contributed by atoms with Crippen LogP contribution in [0.3, 0.4) is 0 Å². The number of halogens is 2. The number of anilines is 2. The van der Waals surface area contributed by atoms with Gasteiger partial charge in [-0.25, -0.2) is 8.78 Å². The van der Waals surface area contributed by atoms with Gasteiger partial charge in [0.2, 0.25) is 0 Å². The first-order chi connectivity index (χ1) is 6.15. The van der Waals surface area contributed by atoms with Crippen molar-refractivity contribution >= 4 is 22.4 Å². The maximum atomic E-state index is 11.8. The van der Waals surface area contributed by atoms with Crippen molar-refractivity contribution in [1.82, 2.24) is 4.37 Å². The third kappa shape index (κ3) is 2.41. The fourth-order valence-corrected chi connectivity index (χ4v) is 1.46. The summed E-state index contributed by atoms with van der Waals surface area (Å²) in [7, 11) is 1.41. The Balaban J connectivity index is 2.65. The Morgan fingerprint density at radius 2 is 2.38 bits per heavy atom. The van der Waals surface area contributed by atoms with E-state index >= 15 is 0 Å². The number of nitrogens with two attached hydrogens (primary N) is 1. The Bertz CT molecular complexity index is 279. The highest BCUT2D eigenvalue weighted by molar-refractivity contribution is 7.11. The average Bonchev–Trinajstić information content (AvgIpc) is 2.42. The van der Waals surface area contributed by atoms with Crippen LogP contribution in [0.4, 0.5) is 19.6 Å². The number of aromatic nitrogens is 1. The molecule has 0 unspecified atom stereocenters. The number of nitrogens with zero attached hydrogens (tertiary/aromatic N) is 1. The zero-order valence-corrected chi connectivity index (χ0v) is 7.70. The van der Waals surface area contributed by atoms with Gasteiger partial charge in [-0.15, -0.1) is 0 Å². The molecular weight excluding hydrogens is 200 g/mol. The summed E-state index contributed by atoms with van der Waals surface area (Å²) in [5, 5.41) is 2.92. The molecule has 0 radical (unpaired) electrons. The summed E-state index contributed by atoms with van der Waals surface area (Å²) in [6.45, 7) is -0.433. The van der Waals surface area contributed by atoms with Gasteiger partial charge in [-0.3, -0.25) is 0 Å². The normalized spacial score (nSPS) is 10.5. The molecule has 0 aliphatic carbocycles. The van der Waals surface area contributed by atoms with Crippen LogP contribution in [0.15, 0.2) is 0 Å². The molecule has 3 N–H and O–H groups in total. The SMILES string of the molecule is COc1c(N)nsc1NCC(F)F. The number of methoxy groups -OCH3 is 1. The smallest absolute Gasteiger partial charge is 0.255 e. The molecule has 1 rings (SSSR count). The summed E-state index contributed by atoms with van der Waals surface area (Å²) in [5.41, 5.74) is 5.41. The number of ether oxygens (including phenoxy) is 1. The Hall–Kier alpha value is -1.11. The topological polar surface area (TPSA) is 60.2 Å². The van der Waals surface area contributed by atoms with Crippen LogP contribution < -0.4 is 15.8 Å². The number of nitrogens with one attached hydrogen (secondary N) is 1. The van der Waals surface area contributed by atoms with Crippen LogP contribution in [-0.4, -0.2) is 24.5 Å². The van der Waals surface area contributed by atoms with Gasteiger partial charge in [-0.1, -0.05) is 0 Å². The monoisotopic (exact) mass is 209 g/mol. The van der Waals surface area contributed by atoms with Gasteiger partial charge in [0.1, 0.15) is 0 Å². The third-order valence-electron chi connectivity index (χ3n) is 1.30. The quantitative estimate of drug-likeness (QED) is 0.787. The lowest BCUT2D eigenvalue weighted by atomic mass is 10.5. The summed E-state index contributed by atoms with van der Waals surface area (Å²) < 4.78 is 32.2. The molecule has 0 spiro atoms. The maximum Gasteiger partial charge on any atom is 0.255 e. The zero-order chi connectivity index (χ0) is 9.84. The summed E-state index contributed by atoms with van der Waals surface area (Å²) in [6.07, 6.45) is -2.41. The molecule has 0 aliphatic rings. The van der Waals surface area contributed by atoms with Gasteiger partial charge in [0.15, 0.2) is 16.6 Å². The van der Waals surface area contributed by atoms with Gasteiger partial charge >= 0.3 is 0 Å². The molecule has 0 fully saturated rings. The van der Waals surface area contributed by atoms with Crippen molar-refractivity contribution in [2.24, 2.45) is 0 Å². The van der Waals surface area contributed by atoms with Crippen molar-refractivity contribution in [2.75, 3.05) is 24.7 Å². The van der Waals surface area contributed by atoms with Gasteiger partial charge in [-0.2, -0.15) is 4.37 Å². The maximum absolute atomic E-state index is 11.8. The first-order valence-corrected chi connectivity index (χ1v) is 4.23. The number of rotatable bonds is 4. The van der Waals surface area contributed by atoms with Gasteiger partial charge < -0.3 is 15.8 Å². The Kier molecular flexibility index (Phi) is 3.24. The molecular formula is C6H9F2N3OS. The first kappa shape index (κ1) is 9.97. The highest BCUT2D eigenvalue weighted by Crippen LogP contribution is 2.34. The molecule has 74 valence electrons. The summed E-state index contributed by atoms with van der Waals surface area (Å²) in [6, 6.07) is 0. The van der Waals surface area contributed by atoms with Crippen LogP contribution >= 0.6 is 11.5 Å². The van der Waals surface area contributed by atoms with E-state index in [9.17, 15) is 8.78 Å². The minimum Gasteiger partial charge on any atom is -0.490 e. The van der Waals surface area contributed by atoms with E-state index in [4.69, 9.17) is 10.5 Å². The number of hydrogen-bond acceptors (Lipinski definition) is 5. The van der Waals surface area contributed by atoms with Gasteiger partial charge in [-0.05, 0) is 11.5 Å². The van der Waals surface area contributed by atoms with Crippen molar-refractivity contribution in [3.05, 3.63) is 0 Å². The Labute approximate surface area is 77.9 Å². The lowest BCUT2D eigenvalue weighted by Gasteiger charge is -2.04. The van der Waals surface area contributed by atoms with Crippen molar-refractivity contribution in [3.63, 3.8) is 0 Å². The third-order valence-corrected chi connectivity index (χ3v) is 2.10. The molecule has 0 amide bonds. The molecule has 7 heteroatoms. The molecule has 1 aromatic rings. The zero-order valence-electron chi connectivity index (χ0n) is 6.88. The number of hydrogen-bond donors (Lipinski definition) is 2. The van der Waals surface area contributed by atoms with Gasteiger partial charge in [0.25, 0.3) is 6.43 Å². The highest BCUT2D eigenvalue weighted by Gasteiger charge is 2.12. The van der Waals surface area contributed by atoms with E-state index in [2.05, 4.69) is 9.69 Å². The van der Waals surface area contributed by atoms with Crippen LogP contribution in [0.1, 0.15) is 0 Å². The number of alkyl halides is 2. The van der Waals surface area contributed by atoms with E-state index in [0.29, 0.717) is 10.8 Å². The second kappa shape index (κ2) is 4.22. The van der Waals surface area contributed by atoms with Crippen LogP contribution in [0, 0.1) is 0 Å². The molecule has 0 saturated heterocycles. The van der Waals surface area contributed by atoms with Crippen molar-refractivity contribution in [3.8, 4) is 5.75 Å². The predicted octanol–water partition coefficient (Wildman–Crippen LogP) is 1.41. The van der Waals surface area contributed by atoms with E-state index in [1.165, 1.54) is 7.11 Å². The molecule has 0 bridgehead atoms. The van der Waals surface area contributed by atoms with Crippen molar-refractivity contribution in [2.45, 2.75) is 6.43 Å². The fraction of sp³-hybridized carbons (Fsp3) is 0.500. The molecule has 0 saturated carbocycles. The largest absolute Gasteiger partial charge is 0.490 e. The van der Waals surface area contributed by atoms with E-state index in [1.807, 2.05) is 0 Å². The minimum absolute atomic E-state index is 0.212. The highest BCUT2D eigenvalue weighted by atomic mass is 32.1. The van der Waals surface area contributed by atoms with E-state index in [0.717, 1.165) is 11.5 Å². The number of nitrogen functional groups attached to an aromatic ring is 1. The molecule has 0 aliphatic heterocycles. The molecule has 1 heterocycles. The predicted molar refractivity (Wildman–Crippen MR) is 47.6 cm³/mol. The van der Waals surface area contributed by atoms with Crippen LogP contribution in [0.2, 0.25) is 0 Å². The lowest BCUT2D eigenvalue weighted by molar-refractivity contribution is 0.163. The minimum atomic E-state index is -2.41. The van der Waals surface area contributed by atoms with Gasteiger partial charge in [0, 0.05) is 0 Å². The van der Waals surface area contributed by atoms with Crippen LogP contribution in [0.5, 0.6) is 5.75 Å². The van der Waals surface area contributed by atoms with E-state index in [1.54, 1.807) is 0 Å². The van der Waals surface area contributed by atoms with E-state index in [-0.39, 0.29) is 5.82 Å². The van der Waals surface area contributed by atoms with Crippen LogP contribution in [0.25, 0.3) is 0 Å². The Morgan fingerprint density at radius 1 is 1.69 bits per heavy atom. The molecule has 4 nitrogen and oxygen atoms in total. The Morgan fingerprint density at radius 3 is 2.92 bits per heavy atom. The molecule has 13 heavy (non-hydrogen) atoms. The molecule has 1 aromatic heterocycles. The van der Waals surface area contributed by atoms with Crippen molar-refractivity contribution in [1.29, 1.82) is 0 Å².